The summed E-state index contributed by atoms with van der Waals surface area (Å²) in [4.78, 5) is 11.4. The molecule has 0 saturated carbocycles. The summed E-state index contributed by atoms with van der Waals surface area (Å²) in [6.07, 6.45) is 0.768. The first kappa shape index (κ1) is 17.2. The summed E-state index contributed by atoms with van der Waals surface area (Å²) in [6.45, 7) is 2.52. The highest BCUT2D eigenvalue weighted by atomic mass is 79.9. The number of carbonyl (C=O) groups is 1. The van der Waals surface area contributed by atoms with Gasteiger partial charge in [0.1, 0.15) is 5.75 Å². The fraction of sp³-hybridized carbons (Fsp3) is 0.417. The van der Waals surface area contributed by atoms with Gasteiger partial charge in [0.15, 0.2) is 6.61 Å². The lowest BCUT2D eigenvalue weighted by Gasteiger charge is -2.08. The number of ether oxygens (including phenoxy) is 1. The van der Waals surface area contributed by atoms with E-state index in [-0.39, 0.29) is 31.0 Å². The number of nitrogens with one attached hydrogen (secondary N) is 1. The molecule has 4 nitrogen and oxygen atoms in total. The van der Waals surface area contributed by atoms with Crippen LogP contribution in [0.2, 0.25) is 0 Å². The Balaban J connectivity index is 0.00000289. The van der Waals surface area contributed by atoms with Crippen LogP contribution in [0.3, 0.4) is 0 Å². The van der Waals surface area contributed by atoms with Crippen LogP contribution in [0.15, 0.2) is 28.7 Å². The maximum absolute atomic E-state index is 11.4. The van der Waals surface area contributed by atoms with Gasteiger partial charge >= 0.3 is 0 Å². The zero-order valence-corrected chi connectivity index (χ0v) is 12.6. The number of rotatable bonds is 6. The monoisotopic (exact) mass is 336 g/mol. The van der Waals surface area contributed by atoms with Crippen LogP contribution in [0, 0.1) is 0 Å². The largest absolute Gasteiger partial charge is 0.484 e. The Bertz CT molecular complexity index is 358. The molecule has 0 heterocycles. The van der Waals surface area contributed by atoms with Gasteiger partial charge in [0.2, 0.25) is 0 Å². The zero-order valence-electron chi connectivity index (χ0n) is 10.2. The topological polar surface area (TPSA) is 64.3 Å². The predicted molar refractivity (Wildman–Crippen MR) is 78.2 cm³/mol. The standard InChI is InChI=1S/C12H17BrN2O2.ClH/c1-9(14)6-7-15-12(16)8-17-11-4-2-10(13)3-5-11;/h2-5,9H,6-8,14H2,1H3,(H,15,16);1H. The Labute approximate surface area is 122 Å². The molecule has 1 rings (SSSR count). The fourth-order valence-corrected chi connectivity index (χ4v) is 1.43. The van der Waals surface area contributed by atoms with E-state index in [4.69, 9.17) is 10.5 Å². The first-order valence-electron chi connectivity index (χ1n) is 5.48. The van der Waals surface area contributed by atoms with Gasteiger partial charge in [0, 0.05) is 17.1 Å². The molecule has 1 aromatic rings. The first-order valence-corrected chi connectivity index (χ1v) is 6.28. The summed E-state index contributed by atoms with van der Waals surface area (Å²) in [5.74, 6) is 0.545. The van der Waals surface area contributed by atoms with Gasteiger partial charge < -0.3 is 15.8 Å². The molecule has 0 aliphatic carbocycles. The van der Waals surface area contributed by atoms with Crippen LogP contribution in [0.1, 0.15) is 13.3 Å². The summed E-state index contributed by atoms with van der Waals surface area (Å²) >= 11 is 3.33. The third-order valence-electron chi connectivity index (χ3n) is 2.11. The molecular weight excluding hydrogens is 320 g/mol. The third kappa shape index (κ3) is 7.53. The summed E-state index contributed by atoms with van der Waals surface area (Å²) in [5.41, 5.74) is 5.57. The summed E-state index contributed by atoms with van der Waals surface area (Å²) in [6, 6.07) is 7.44. The maximum atomic E-state index is 11.4. The lowest BCUT2D eigenvalue weighted by atomic mass is 10.2. The van der Waals surface area contributed by atoms with Crippen molar-refractivity contribution in [2.75, 3.05) is 13.2 Å². The van der Waals surface area contributed by atoms with E-state index in [1.165, 1.54) is 0 Å². The Hall–Kier alpha value is -0.780. The number of hydrogen-bond acceptors (Lipinski definition) is 3. The lowest BCUT2D eigenvalue weighted by molar-refractivity contribution is -0.123. The molecular formula is C12H18BrClN2O2. The smallest absolute Gasteiger partial charge is 0.257 e. The van der Waals surface area contributed by atoms with E-state index in [2.05, 4.69) is 21.2 Å². The van der Waals surface area contributed by atoms with Crippen LogP contribution in [0.5, 0.6) is 5.75 Å². The lowest BCUT2D eigenvalue weighted by Crippen LogP contribution is -2.32. The highest BCUT2D eigenvalue weighted by Crippen LogP contribution is 2.15. The number of nitrogens with two attached hydrogens (primary N) is 1. The van der Waals surface area contributed by atoms with E-state index >= 15 is 0 Å². The molecule has 0 fully saturated rings. The molecule has 0 saturated heterocycles. The van der Waals surface area contributed by atoms with Crippen LogP contribution in [0.25, 0.3) is 0 Å². The molecule has 6 heteroatoms. The molecule has 1 atom stereocenters. The summed E-state index contributed by atoms with van der Waals surface area (Å²) in [7, 11) is 0. The predicted octanol–water partition coefficient (Wildman–Crippen LogP) is 2.10. The van der Waals surface area contributed by atoms with Crippen molar-refractivity contribution in [3.05, 3.63) is 28.7 Å². The summed E-state index contributed by atoms with van der Waals surface area (Å²) < 4.78 is 6.29. The van der Waals surface area contributed by atoms with Crippen LogP contribution in [-0.2, 0) is 4.79 Å². The van der Waals surface area contributed by atoms with Crippen molar-refractivity contribution in [1.29, 1.82) is 0 Å². The first-order chi connectivity index (χ1) is 8.08. The van der Waals surface area contributed by atoms with Crippen molar-refractivity contribution in [3.63, 3.8) is 0 Å². The molecule has 0 aromatic heterocycles. The molecule has 0 radical (unpaired) electrons. The van der Waals surface area contributed by atoms with E-state index in [1.54, 1.807) is 12.1 Å². The molecule has 18 heavy (non-hydrogen) atoms. The van der Waals surface area contributed by atoms with E-state index in [0.717, 1.165) is 10.9 Å². The van der Waals surface area contributed by atoms with Crippen LogP contribution in [0.4, 0.5) is 0 Å². The molecule has 1 aromatic carbocycles. The van der Waals surface area contributed by atoms with Crippen molar-refractivity contribution in [3.8, 4) is 5.75 Å². The Morgan fingerprint density at radius 1 is 1.44 bits per heavy atom. The number of hydrogen-bond donors (Lipinski definition) is 2. The average molecular weight is 338 g/mol. The normalized spacial score (nSPS) is 11.3. The second-order valence-corrected chi connectivity index (χ2v) is 4.77. The van der Waals surface area contributed by atoms with E-state index in [9.17, 15) is 4.79 Å². The van der Waals surface area contributed by atoms with Crippen molar-refractivity contribution in [1.82, 2.24) is 5.32 Å². The molecule has 0 aliphatic heterocycles. The van der Waals surface area contributed by atoms with Crippen molar-refractivity contribution < 1.29 is 9.53 Å². The highest BCUT2D eigenvalue weighted by molar-refractivity contribution is 9.10. The van der Waals surface area contributed by atoms with Crippen molar-refractivity contribution in [2.45, 2.75) is 19.4 Å². The minimum Gasteiger partial charge on any atom is -0.484 e. The Morgan fingerprint density at radius 3 is 2.61 bits per heavy atom. The molecule has 0 bridgehead atoms. The molecule has 3 N–H and O–H groups in total. The molecule has 1 amide bonds. The van der Waals surface area contributed by atoms with Gasteiger partial charge in [-0.3, -0.25) is 4.79 Å². The van der Waals surface area contributed by atoms with Gasteiger partial charge in [-0.2, -0.15) is 0 Å². The quantitative estimate of drug-likeness (QED) is 0.835. The van der Waals surface area contributed by atoms with Gasteiger partial charge in [0.05, 0.1) is 0 Å². The number of halogens is 2. The average Bonchev–Trinajstić information content (AvgIpc) is 2.28. The molecule has 1 unspecified atom stereocenters. The van der Waals surface area contributed by atoms with E-state index in [0.29, 0.717) is 12.3 Å². The van der Waals surface area contributed by atoms with Gasteiger partial charge in [-0.05, 0) is 37.6 Å². The SMILES string of the molecule is CC(N)CCNC(=O)COc1ccc(Br)cc1.Cl. The summed E-state index contributed by atoms with van der Waals surface area (Å²) in [5, 5.41) is 2.74. The third-order valence-corrected chi connectivity index (χ3v) is 2.63. The minimum atomic E-state index is -0.131. The van der Waals surface area contributed by atoms with Gasteiger partial charge in [-0.15, -0.1) is 12.4 Å². The zero-order chi connectivity index (χ0) is 12.7. The second-order valence-electron chi connectivity index (χ2n) is 3.86. The van der Waals surface area contributed by atoms with Gasteiger partial charge in [0.25, 0.3) is 5.91 Å². The maximum Gasteiger partial charge on any atom is 0.257 e. The van der Waals surface area contributed by atoms with Crippen molar-refractivity contribution >= 4 is 34.2 Å². The van der Waals surface area contributed by atoms with Crippen LogP contribution < -0.4 is 15.8 Å². The number of carbonyl (C=O) groups excluding carboxylic acids is 1. The fourth-order valence-electron chi connectivity index (χ4n) is 1.17. The van der Waals surface area contributed by atoms with Crippen LogP contribution >= 0.6 is 28.3 Å². The van der Waals surface area contributed by atoms with Crippen molar-refractivity contribution in [2.24, 2.45) is 5.73 Å². The minimum absolute atomic E-state index is 0. The van der Waals surface area contributed by atoms with Gasteiger partial charge in [-0.25, -0.2) is 0 Å². The highest BCUT2D eigenvalue weighted by Gasteiger charge is 2.02. The molecule has 0 spiro atoms. The number of benzene rings is 1. The number of amides is 1. The Kier molecular flexibility index (Phi) is 8.79. The Morgan fingerprint density at radius 2 is 2.06 bits per heavy atom. The van der Waals surface area contributed by atoms with Crippen LogP contribution in [-0.4, -0.2) is 25.1 Å². The van der Waals surface area contributed by atoms with E-state index < -0.39 is 0 Å². The second kappa shape index (κ2) is 9.19. The molecule has 102 valence electrons. The van der Waals surface area contributed by atoms with E-state index in [1.807, 2.05) is 19.1 Å². The van der Waals surface area contributed by atoms with Gasteiger partial charge in [-0.1, -0.05) is 15.9 Å². The molecule has 0 aliphatic rings.